The summed E-state index contributed by atoms with van der Waals surface area (Å²) >= 11 is 1.56. The summed E-state index contributed by atoms with van der Waals surface area (Å²) in [6.45, 7) is 18.5. The van der Waals surface area contributed by atoms with E-state index in [0.29, 0.717) is 22.8 Å². The Balaban J connectivity index is 1.40. The van der Waals surface area contributed by atoms with E-state index in [-0.39, 0.29) is 0 Å². The molecule has 49 heavy (non-hydrogen) atoms. The maximum atomic E-state index is 4.90. The number of allylic oxidation sites excluding steroid dienone is 12. The van der Waals surface area contributed by atoms with Gasteiger partial charge in [-0.15, -0.1) is 11.3 Å². The van der Waals surface area contributed by atoms with Crippen molar-refractivity contribution in [2.24, 2.45) is 0 Å². The summed E-state index contributed by atoms with van der Waals surface area (Å²) in [5.74, 6) is 1.69. The van der Waals surface area contributed by atoms with E-state index in [9.17, 15) is 0 Å². The Morgan fingerprint density at radius 3 is 1.92 bits per heavy atom. The number of fused-ring (bicyclic) bond motifs is 3. The minimum atomic E-state index is 0.548. The third kappa shape index (κ3) is 6.86. The molecule has 0 saturated carbocycles. The Hall–Kier alpha value is -5.98. The molecule has 0 fully saturated rings. The number of hydrogen-bond donors (Lipinski definition) is 0. The Morgan fingerprint density at radius 2 is 1.31 bits per heavy atom. The molecule has 6 heteroatoms. The van der Waals surface area contributed by atoms with Crippen LogP contribution >= 0.6 is 11.3 Å². The van der Waals surface area contributed by atoms with Crippen molar-refractivity contribution in [3.05, 3.63) is 167 Å². The van der Waals surface area contributed by atoms with Gasteiger partial charge in [0.15, 0.2) is 17.5 Å². The first-order chi connectivity index (χ1) is 23.9. The van der Waals surface area contributed by atoms with Crippen molar-refractivity contribution in [3.63, 3.8) is 0 Å². The standard InChI is InChI=1S/C43H37N5S/c1-7-11-19-31(8-2)40-45-41(47-42(46-40)34-20-13-12-14-21-34)33(10-4)28-39-30(6)44-43(49-39)32(9-3)27-26-29(5)48-37-24-17-15-22-35(37)36-23-16-18-25-38(36)48/h7-28H,2-3,6H2,1,4-5H3/b11-7-,29-26+,31-19+,32-27+,33-10+,39-28+. The molecule has 6 aromatic rings. The molecule has 3 aromatic carbocycles. The molecule has 0 unspecified atom stereocenters. The Kier molecular flexibility index (Phi) is 9.98. The lowest BCUT2D eigenvalue weighted by Crippen LogP contribution is -2.19. The molecule has 240 valence electrons. The smallest absolute Gasteiger partial charge is 0.164 e. The summed E-state index contributed by atoms with van der Waals surface area (Å²) in [5.41, 5.74) is 6.89. The molecule has 3 heterocycles. The second-order valence-corrected chi connectivity index (χ2v) is 12.3. The Labute approximate surface area is 291 Å². The van der Waals surface area contributed by atoms with Crippen molar-refractivity contribution in [1.82, 2.24) is 24.5 Å². The molecule has 3 aromatic heterocycles. The minimum absolute atomic E-state index is 0.548. The van der Waals surface area contributed by atoms with Crippen molar-refractivity contribution in [3.8, 4) is 11.4 Å². The largest absolute Gasteiger partial charge is 0.313 e. The van der Waals surface area contributed by atoms with Gasteiger partial charge in [-0.2, -0.15) is 0 Å². The molecule has 0 amide bonds. The van der Waals surface area contributed by atoms with Gasteiger partial charge in [-0.25, -0.2) is 19.9 Å². The molecule has 0 atom stereocenters. The van der Waals surface area contributed by atoms with Crippen LogP contribution in [0.15, 0.2) is 141 Å². The van der Waals surface area contributed by atoms with E-state index >= 15 is 0 Å². The zero-order chi connectivity index (χ0) is 34.3. The van der Waals surface area contributed by atoms with Crippen molar-refractivity contribution >= 4 is 68.2 Å². The molecule has 5 nitrogen and oxygen atoms in total. The number of benzene rings is 3. The van der Waals surface area contributed by atoms with Crippen LogP contribution in [0.2, 0.25) is 0 Å². The molecular weight excluding hydrogens is 619 g/mol. The summed E-state index contributed by atoms with van der Waals surface area (Å²) in [6.07, 6.45) is 17.7. The monoisotopic (exact) mass is 655 g/mol. The highest BCUT2D eigenvalue weighted by atomic mass is 32.1. The minimum Gasteiger partial charge on any atom is -0.313 e. The van der Waals surface area contributed by atoms with Gasteiger partial charge in [-0.05, 0) is 45.1 Å². The summed E-state index contributed by atoms with van der Waals surface area (Å²) < 4.78 is 3.21. The summed E-state index contributed by atoms with van der Waals surface area (Å²) in [6, 6.07) is 26.9. The third-order valence-electron chi connectivity index (χ3n) is 8.10. The molecule has 0 bridgehead atoms. The molecule has 0 aliphatic rings. The highest BCUT2D eigenvalue weighted by Crippen LogP contribution is 2.31. The van der Waals surface area contributed by atoms with Gasteiger partial charge in [0, 0.05) is 38.8 Å². The number of thiazole rings is 1. The van der Waals surface area contributed by atoms with Crippen LogP contribution in [0.25, 0.3) is 68.3 Å². The Bertz CT molecular complexity index is 2420. The molecular formula is C43H37N5S. The van der Waals surface area contributed by atoms with Crippen molar-refractivity contribution in [1.29, 1.82) is 0 Å². The van der Waals surface area contributed by atoms with E-state index in [0.717, 1.165) is 37.5 Å². The molecule has 0 N–H and O–H groups in total. The van der Waals surface area contributed by atoms with Crippen LogP contribution in [-0.4, -0.2) is 24.5 Å². The molecule has 0 saturated heterocycles. The van der Waals surface area contributed by atoms with Crippen LogP contribution in [-0.2, 0) is 0 Å². The molecule has 0 aliphatic heterocycles. The predicted octanol–water partition coefficient (Wildman–Crippen LogP) is 9.67. The first-order valence-electron chi connectivity index (χ1n) is 16.1. The van der Waals surface area contributed by atoms with E-state index < -0.39 is 0 Å². The second-order valence-electron chi connectivity index (χ2n) is 11.2. The number of para-hydroxylation sites is 2. The molecule has 0 radical (unpaired) electrons. The average molecular weight is 656 g/mol. The van der Waals surface area contributed by atoms with Crippen LogP contribution in [0.4, 0.5) is 0 Å². The van der Waals surface area contributed by atoms with Gasteiger partial charge in [0.25, 0.3) is 0 Å². The number of aromatic nitrogens is 5. The van der Waals surface area contributed by atoms with Gasteiger partial charge < -0.3 is 4.57 Å². The highest BCUT2D eigenvalue weighted by Gasteiger charge is 2.14. The van der Waals surface area contributed by atoms with Gasteiger partial charge in [0.2, 0.25) is 0 Å². The zero-order valence-corrected chi connectivity index (χ0v) is 28.8. The maximum Gasteiger partial charge on any atom is 0.164 e. The lowest BCUT2D eigenvalue weighted by Gasteiger charge is -2.09. The van der Waals surface area contributed by atoms with Crippen LogP contribution in [0.3, 0.4) is 0 Å². The number of hydrogen-bond acceptors (Lipinski definition) is 5. The first kappa shape index (κ1) is 32.9. The summed E-state index contributed by atoms with van der Waals surface area (Å²) in [7, 11) is 0. The highest BCUT2D eigenvalue weighted by molar-refractivity contribution is 7.10. The van der Waals surface area contributed by atoms with Gasteiger partial charge in [0.05, 0.1) is 20.9 Å². The molecule has 0 spiro atoms. The fourth-order valence-corrected chi connectivity index (χ4v) is 6.60. The fourth-order valence-electron chi connectivity index (χ4n) is 5.62. The van der Waals surface area contributed by atoms with E-state index in [1.165, 1.54) is 21.8 Å². The van der Waals surface area contributed by atoms with Crippen molar-refractivity contribution < 1.29 is 0 Å². The van der Waals surface area contributed by atoms with Gasteiger partial charge >= 0.3 is 0 Å². The van der Waals surface area contributed by atoms with Gasteiger partial charge in [0.1, 0.15) is 5.01 Å². The summed E-state index contributed by atoms with van der Waals surface area (Å²) in [5, 5.41) is 3.97. The SMILES string of the molecule is C=C/C(=C\C=C/C)c1nc(C(=C/C)/C=c2/sc(/C(C=C)=C/C=C(\C)n3c4ccccc4c4ccccc43)nc2=C)nc(-c2ccccc2)n1. The Morgan fingerprint density at radius 1 is 0.694 bits per heavy atom. The predicted molar refractivity (Wildman–Crippen MR) is 211 cm³/mol. The van der Waals surface area contributed by atoms with Gasteiger partial charge in [-0.1, -0.05) is 129 Å². The van der Waals surface area contributed by atoms with Crippen LogP contribution in [0, 0.1) is 0 Å². The molecule has 0 aliphatic carbocycles. The number of rotatable bonds is 10. The van der Waals surface area contributed by atoms with E-state index in [2.05, 4.69) is 91.9 Å². The first-order valence-corrected chi connectivity index (χ1v) is 16.9. The maximum absolute atomic E-state index is 4.90. The normalized spacial score (nSPS) is 13.6. The quantitative estimate of drug-likeness (QED) is 0.138. The van der Waals surface area contributed by atoms with Crippen molar-refractivity contribution in [2.45, 2.75) is 20.8 Å². The molecule has 6 rings (SSSR count). The number of nitrogens with zero attached hydrogens (tertiary/aromatic N) is 5. The summed E-state index contributed by atoms with van der Waals surface area (Å²) in [4.78, 5) is 19.4. The van der Waals surface area contributed by atoms with Crippen LogP contribution in [0.5, 0.6) is 0 Å². The van der Waals surface area contributed by atoms with Crippen molar-refractivity contribution in [2.75, 3.05) is 0 Å². The average Bonchev–Trinajstić information content (AvgIpc) is 3.68. The second kappa shape index (κ2) is 14.8. The van der Waals surface area contributed by atoms with Crippen LogP contribution in [0.1, 0.15) is 37.4 Å². The topological polar surface area (TPSA) is 56.5 Å². The van der Waals surface area contributed by atoms with Crippen LogP contribution < -0.4 is 9.88 Å². The zero-order valence-electron chi connectivity index (χ0n) is 28.0. The fraction of sp³-hybridized carbons (Fsp3) is 0.0698. The van der Waals surface area contributed by atoms with Gasteiger partial charge in [-0.3, -0.25) is 0 Å². The lowest BCUT2D eigenvalue weighted by atomic mass is 10.1. The van der Waals surface area contributed by atoms with E-state index in [1.54, 1.807) is 17.4 Å². The third-order valence-corrected chi connectivity index (χ3v) is 9.19. The lowest BCUT2D eigenvalue weighted by molar-refractivity contribution is 1.00. The van der Waals surface area contributed by atoms with E-state index in [1.807, 2.05) is 80.6 Å². The van der Waals surface area contributed by atoms with E-state index in [4.69, 9.17) is 19.9 Å².